The van der Waals surface area contributed by atoms with E-state index in [1.54, 1.807) is 20.1 Å². The molecular weight excluding hydrogens is 458 g/mol. The van der Waals surface area contributed by atoms with Gasteiger partial charge in [-0.15, -0.1) is 11.8 Å². The Bertz CT molecular complexity index is 1020. The lowest BCUT2D eigenvalue weighted by molar-refractivity contribution is -0.196. The summed E-state index contributed by atoms with van der Waals surface area (Å²) in [4.78, 5) is 0.442. The maximum absolute atomic E-state index is 13.3. The minimum Gasteiger partial charge on any atom is -0.418 e. The number of nitriles is 1. The standard InChI is InChI=1S/C18H21N2O4PS.BF4/c1-5-22-25(21,23-6-2)16-17(26-4)14(11-19)15(24-18(16)20)13-9-7-12(3)8-10-13;2-1(3,4)5/h7-10,20H,5-6H2,1-4H3;/q;-1/p+1. The molecule has 1 heterocycles. The van der Waals surface area contributed by atoms with Gasteiger partial charge in [-0.1, -0.05) is 29.8 Å². The number of aryl methyl sites for hydroxylation is 1. The van der Waals surface area contributed by atoms with Gasteiger partial charge in [-0.3, -0.25) is 4.57 Å². The van der Waals surface area contributed by atoms with Crippen LogP contribution in [0.3, 0.4) is 0 Å². The van der Waals surface area contributed by atoms with Crippen LogP contribution in [0.15, 0.2) is 33.6 Å². The van der Waals surface area contributed by atoms with Gasteiger partial charge in [0.1, 0.15) is 11.6 Å². The molecule has 2 rings (SSSR count). The summed E-state index contributed by atoms with van der Waals surface area (Å²) in [6.07, 6.45) is 1.78. The summed E-state index contributed by atoms with van der Waals surface area (Å²) in [5, 5.41) is 16.0. The van der Waals surface area contributed by atoms with E-state index in [4.69, 9.17) is 18.9 Å². The molecule has 0 spiro atoms. The van der Waals surface area contributed by atoms with Crippen LogP contribution < -0.4 is 16.3 Å². The van der Waals surface area contributed by atoms with E-state index in [0.29, 0.717) is 16.2 Å². The van der Waals surface area contributed by atoms with Gasteiger partial charge < -0.3 is 30.7 Å². The number of nitrogens with two attached hydrogens (primary N) is 1. The number of halogens is 4. The first-order valence-corrected chi connectivity index (χ1v) is 11.8. The molecule has 170 valence electrons. The minimum absolute atomic E-state index is 0.0749. The van der Waals surface area contributed by atoms with E-state index in [2.05, 4.69) is 6.07 Å². The lowest BCUT2D eigenvalue weighted by Crippen LogP contribution is -2.53. The largest absolute Gasteiger partial charge is 0.673 e. The molecule has 2 N–H and O–H groups in total. The van der Waals surface area contributed by atoms with Gasteiger partial charge in [-0.2, -0.15) is 5.26 Å². The Morgan fingerprint density at radius 3 is 2.03 bits per heavy atom. The van der Waals surface area contributed by atoms with Crippen molar-refractivity contribution in [1.82, 2.24) is 0 Å². The summed E-state index contributed by atoms with van der Waals surface area (Å²) < 4.78 is 68.8. The molecule has 0 saturated heterocycles. The summed E-state index contributed by atoms with van der Waals surface area (Å²) >= 11 is 1.26. The predicted molar refractivity (Wildman–Crippen MR) is 111 cm³/mol. The predicted octanol–water partition coefficient (Wildman–Crippen LogP) is 3.70. The minimum atomic E-state index is -6.00. The molecule has 1 aromatic carbocycles. The summed E-state index contributed by atoms with van der Waals surface area (Å²) in [5.74, 6) is 0.331. The molecule has 0 aliphatic carbocycles. The van der Waals surface area contributed by atoms with Crippen LogP contribution in [0.2, 0.25) is 0 Å². The molecule has 1 aromatic heterocycles. The molecule has 31 heavy (non-hydrogen) atoms. The van der Waals surface area contributed by atoms with Gasteiger partial charge in [-0.05, 0) is 27.0 Å². The number of rotatable bonds is 7. The van der Waals surface area contributed by atoms with Crippen LogP contribution in [0, 0.1) is 18.3 Å². The fraction of sp³-hybridized carbons (Fsp3) is 0.333. The monoisotopic (exact) mass is 480 g/mol. The van der Waals surface area contributed by atoms with Gasteiger partial charge in [0.2, 0.25) is 0 Å². The molecule has 0 saturated carbocycles. The van der Waals surface area contributed by atoms with Crippen molar-refractivity contribution in [3.05, 3.63) is 40.9 Å². The quantitative estimate of drug-likeness (QED) is 0.281. The first kappa shape index (κ1) is 27.0. The van der Waals surface area contributed by atoms with Gasteiger partial charge in [0.05, 0.1) is 18.1 Å². The van der Waals surface area contributed by atoms with E-state index in [0.717, 1.165) is 5.56 Å². The molecular formula is C18H22BF4N2O4PS. The number of hydrogen-bond acceptors (Lipinski definition) is 6. The van der Waals surface area contributed by atoms with Gasteiger partial charge in [0.15, 0.2) is 11.1 Å². The molecule has 0 bridgehead atoms. The Balaban J connectivity index is 0.000000861. The zero-order valence-corrected chi connectivity index (χ0v) is 19.0. The fourth-order valence-corrected chi connectivity index (χ4v) is 5.45. The van der Waals surface area contributed by atoms with Crippen molar-refractivity contribution in [3.63, 3.8) is 0 Å². The second-order valence-electron chi connectivity index (χ2n) is 5.86. The first-order valence-electron chi connectivity index (χ1n) is 8.99. The average Bonchev–Trinajstić information content (AvgIpc) is 2.66. The van der Waals surface area contributed by atoms with Crippen LogP contribution in [-0.4, -0.2) is 26.7 Å². The molecule has 0 radical (unpaired) electrons. The van der Waals surface area contributed by atoms with Crippen LogP contribution in [0.1, 0.15) is 25.0 Å². The maximum Gasteiger partial charge on any atom is 0.673 e. The second-order valence-corrected chi connectivity index (χ2v) is 8.63. The third-order valence-electron chi connectivity index (χ3n) is 3.62. The maximum atomic E-state index is 13.3. The molecule has 6 nitrogen and oxygen atoms in total. The van der Waals surface area contributed by atoms with Crippen LogP contribution in [0.4, 0.5) is 17.3 Å². The van der Waals surface area contributed by atoms with Gasteiger partial charge in [-0.25, -0.2) is 5.41 Å². The Hall–Kier alpha value is -2.06. The third-order valence-corrected chi connectivity index (χ3v) is 6.77. The lowest BCUT2D eigenvalue weighted by atomic mass is 10.1. The van der Waals surface area contributed by atoms with Crippen molar-refractivity contribution in [3.8, 4) is 17.4 Å². The number of benzene rings is 1. The summed E-state index contributed by atoms with van der Waals surface area (Å²) in [6.45, 7) is 5.74. The van der Waals surface area contributed by atoms with Crippen molar-refractivity contribution in [2.75, 3.05) is 19.5 Å². The molecule has 0 aliphatic rings. The summed E-state index contributed by atoms with van der Waals surface area (Å²) in [6, 6.07) is 9.68. The van der Waals surface area contributed by atoms with Gasteiger partial charge in [0, 0.05) is 5.56 Å². The van der Waals surface area contributed by atoms with Gasteiger partial charge >= 0.3 is 20.4 Å². The molecule has 0 atom stereocenters. The molecule has 0 unspecified atom stereocenters. The van der Waals surface area contributed by atoms with Crippen LogP contribution in [0.25, 0.3) is 11.3 Å². The molecule has 0 amide bonds. The summed E-state index contributed by atoms with van der Waals surface area (Å²) in [5.41, 5.74) is 1.97. The van der Waals surface area contributed by atoms with Crippen LogP contribution in [-0.2, 0) is 13.6 Å². The average molecular weight is 480 g/mol. The number of hydrogen-bond donors (Lipinski definition) is 1. The van der Waals surface area contributed by atoms with Crippen molar-refractivity contribution in [2.24, 2.45) is 0 Å². The van der Waals surface area contributed by atoms with E-state index >= 15 is 0 Å². The number of nitrogens with zero attached hydrogens (tertiary/aromatic N) is 1. The normalized spacial score (nSPS) is 11.5. The highest BCUT2D eigenvalue weighted by atomic mass is 32.2. The number of thioether (sulfide) groups is 1. The summed E-state index contributed by atoms with van der Waals surface area (Å²) in [7, 11) is -9.71. The molecule has 2 aromatic rings. The third kappa shape index (κ3) is 7.54. The zero-order chi connectivity index (χ0) is 23.8. The second kappa shape index (κ2) is 11.5. The van der Waals surface area contributed by atoms with Gasteiger partial charge in [0.25, 0.3) is 0 Å². The Labute approximate surface area is 181 Å². The van der Waals surface area contributed by atoms with Crippen molar-refractivity contribution < 1.29 is 40.7 Å². The molecule has 0 fully saturated rings. The fourth-order valence-electron chi connectivity index (χ4n) is 2.52. The van der Waals surface area contributed by atoms with E-state index < -0.39 is 14.9 Å². The van der Waals surface area contributed by atoms with E-state index in [1.807, 2.05) is 31.2 Å². The molecule has 0 aliphatic heterocycles. The highest BCUT2D eigenvalue weighted by Gasteiger charge is 2.38. The molecule has 13 heteroatoms. The van der Waals surface area contributed by atoms with Crippen LogP contribution in [0.5, 0.6) is 0 Å². The Kier molecular flexibility index (Phi) is 10.0. The van der Waals surface area contributed by atoms with E-state index in [9.17, 15) is 27.1 Å². The topological polar surface area (TPSA) is 98.1 Å². The van der Waals surface area contributed by atoms with Crippen molar-refractivity contribution >= 4 is 31.9 Å². The Morgan fingerprint density at radius 1 is 1.16 bits per heavy atom. The lowest BCUT2D eigenvalue weighted by Gasteiger charge is -2.18. The smallest absolute Gasteiger partial charge is 0.418 e. The van der Waals surface area contributed by atoms with Crippen molar-refractivity contribution in [1.29, 1.82) is 5.26 Å². The Morgan fingerprint density at radius 2 is 1.65 bits per heavy atom. The highest BCUT2D eigenvalue weighted by Crippen LogP contribution is 2.48. The van der Waals surface area contributed by atoms with Crippen molar-refractivity contribution in [2.45, 2.75) is 25.7 Å². The van der Waals surface area contributed by atoms with Crippen LogP contribution >= 0.6 is 19.4 Å². The van der Waals surface area contributed by atoms with E-state index in [1.165, 1.54) is 11.8 Å². The highest BCUT2D eigenvalue weighted by molar-refractivity contribution is 7.99. The van der Waals surface area contributed by atoms with E-state index in [-0.39, 0.29) is 29.6 Å². The SMILES string of the molecule is CCOP(=O)(OCC)c1c(SC)c(C#N)c(-c2ccc(C)cc2)oc1=[NH2+].F[B-](F)(F)F. The first-order chi connectivity index (χ1) is 14.4. The zero-order valence-electron chi connectivity index (χ0n) is 17.3.